The van der Waals surface area contributed by atoms with E-state index < -0.39 is 0 Å². The molecule has 0 radical (unpaired) electrons. The van der Waals surface area contributed by atoms with Crippen molar-refractivity contribution >= 4 is 17.5 Å². The second-order valence-electron chi connectivity index (χ2n) is 7.60. The molecule has 0 aliphatic rings. The van der Waals surface area contributed by atoms with Crippen molar-refractivity contribution in [2.45, 2.75) is 19.0 Å². The minimum atomic E-state index is 0.0596. The van der Waals surface area contributed by atoms with Gasteiger partial charge in [0.25, 0.3) is 0 Å². The number of ketones is 1. The van der Waals surface area contributed by atoms with Gasteiger partial charge in [0.05, 0.1) is 31.2 Å². The molecule has 8 heteroatoms. The number of hydrogen-bond acceptors (Lipinski definition) is 6. The van der Waals surface area contributed by atoms with Gasteiger partial charge in [-0.1, -0.05) is 23.9 Å². The number of methoxy groups -OCH3 is 2. The van der Waals surface area contributed by atoms with E-state index in [9.17, 15) is 4.79 Å². The van der Waals surface area contributed by atoms with Gasteiger partial charge < -0.3 is 14.0 Å². The fourth-order valence-electron chi connectivity index (χ4n) is 3.68. The van der Waals surface area contributed by atoms with E-state index in [0.717, 1.165) is 34.0 Å². The molecular formula is C25H26N4O3S. The molecule has 0 aliphatic carbocycles. The van der Waals surface area contributed by atoms with Crippen molar-refractivity contribution < 1.29 is 14.3 Å². The highest BCUT2D eigenvalue weighted by molar-refractivity contribution is 7.99. The van der Waals surface area contributed by atoms with Crippen LogP contribution in [-0.4, -0.2) is 45.1 Å². The van der Waals surface area contributed by atoms with Crippen LogP contribution in [0.4, 0.5) is 0 Å². The van der Waals surface area contributed by atoms with Crippen LogP contribution in [0.3, 0.4) is 0 Å². The molecule has 2 aromatic carbocycles. The van der Waals surface area contributed by atoms with Crippen molar-refractivity contribution in [2.24, 2.45) is 7.05 Å². The van der Waals surface area contributed by atoms with E-state index in [0.29, 0.717) is 16.7 Å². The predicted molar refractivity (Wildman–Crippen MR) is 130 cm³/mol. The normalized spacial score (nSPS) is 10.9. The summed E-state index contributed by atoms with van der Waals surface area (Å²) in [5, 5.41) is 9.52. The maximum absolute atomic E-state index is 13.0. The van der Waals surface area contributed by atoms with Crippen LogP contribution >= 0.6 is 11.8 Å². The van der Waals surface area contributed by atoms with Crippen LogP contribution in [0, 0.1) is 13.8 Å². The maximum atomic E-state index is 13.0. The Morgan fingerprint density at radius 3 is 2.36 bits per heavy atom. The average Bonchev–Trinajstić information content (AvgIpc) is 3.38. The Labute approximate surface area is 197 Å². The van der Waals surface area contributed by atoms with Gasteiger partial charge in [-0.3, -0.25) is 9.36 Å². The van der Waals surface area contributed by atoms with Crippen molar-refractivity contribution in [1.82, 2.24) is 19.3 Å². The minimum absolute atomic E-state index is 0.0596. The van der Waals surface area contributed by atoms with Gasteiger partial charge in [0.1, 0.15) is 11.5 Å². The summed E-state index contributed by atoms with van der Waals surface area (Å²) in [5.41, 5.74) is 4.44. The van der Waals surface area contributed by atoms with Gasteiger partial charge in [-0.05, 0) is 56.3 Å². The molecule has 4 rings (SSSR count). The molecule has 33 heavy (non-hydrogen) atoms. The lowest BCUT2D eigenvalue weighted by molar-refractivity contribution is 0.102. The van der Waals surface area contributed by atoms with Gasteiger partial charge in [-0.15, -0.1) is 10.2 Å². The highest BCUT2D eigenvalue weighted by Crippen LogP contribution is 2.34. The summed E-state index contributed by atoms with van der Waals surface area (Å²) in [7, 11) is 5.23. The van der Waals surface area contributed by atoms with E-state index in [1.165, 1.54) is 11.8 Å². The first-order valence-electron chi connectivity index (χ1n) is 10.5. The number of Topliss-reactive ketones (excluding diaryl/α,β-unsaturated/α-hetero) is 1. The third-order valence-corrected chi connectivity index (χ3v) is 6.65. The summed E-state index contributed by atoms with van der Waals surface area (Å²) in [6.07, 6.45) is 0. The van der Waals surface area contributed by atoms with Gasteiger partial charge in [-0.25, -0.2) is 0 Å². The molecule has 0 saturated carbocycles. The third-order valence-electron chi connectivity index (χ3n) is 5.72. The quantitative estimate of drug-likeness (QED) is 0.274. The number of para-hydroxylation sites is 1. The Bertz CT molecular complexity index is 1290. The summed E-state index contributed by atoms with van der Waals surface area (Å²) in [5.74, 6) is 2.40. The molecule has 0 atom stereocenters. The number of aromatic nitrogens is 4. The molecular weight excluding hydrogens is 436 g/mol. The zero-order chi connectivity index (χ0) is 23.5. The van der Waals surface area contributed by atoms with Gasteiger partial charge >= 0.3 is 0 Å². The molecule has 170 valence electrons. The van der Waals surface area contributed by atoms with Crippen LogP contribution in [0.1, 0.15) is 21.7 Å². The Morgan fingerprint density at radius 2 is 1.73 bits per heavy atom. The summed E-state index contributed by atoms with van der Waals surface area (Å²) in [4.78, 5) is 13.0. The number of aryl methyl sites for hydroxylation is 1. The van der Waals surface area contributed by atoms with Crippen LogP contribution in [-0.2, 0) is 7.05 Å². The Hall–Kier alpha value is -3.52. The molecule has 0 unspecified atom stereocenters. The lowest BCUT2D eigenvalue weighted by Gasteiger charge is -2.13. The predicted octanol–water partition coefficient (Wildman–Crippen LogP) is 4.88. The van der Waals surface area contributed by atoms with Gasteiger partial charge in [0.2, 0.25) is 0 Å². The van der Waals surface area contributed by atoms with Crippen LogP contribution in [0.2, 0.25) is 0 Å². The zero-order valence-electron chi connectivity index (χ0n) is 19.3. The topological polar surface area (TPSA) is 71.2 Å². The standard InChI is InChI=1S/C25H26N4O3S/c1-16-14-21(17(2)28(16)3)22(30)15-33-25-27-26-24(20-8-6-7-9-23(20)32-5)29(25)18-10-12-19(31-4)13-11-18/h6-14H,15H2,1-5H3. The van der Waals surface area contributed by atoms with E-state index >= 15 is 0 Å². The second-order valence-corrected chi connectivity index (χ2v) is 8.54. The molecule has 0 fully saturated rings. The van der Waals surface area contributed by atoms with E-state index in [-0.39, 0.29) is 11.5 Å². The van der Waals surface area contributed by atoms with Gasteiger partial charge in [-0.2, -0.15) is 0 Å². The first-order valence-corrected chi connectivity index (χ1v) is 11.4. The van der Waals surface area contributed by atoms with Crippen molar-refractivity contribution in [2.75, 3.05) is 20.0 Å². The van der Waals surface area contributed by atoms with Crippen molar-refractivity contribution in [1.29, 1.82) is 0 Å². The minimum Gasteiger partial charge on any atom is -0.497 e. The van der Waals surface area contributed by atoms with E-state index in [1.807, 2.05) is 84.6 Å². The van der Waals surface area contributed by atoms with Crippen molar-refractivity contribution in [3.05, 3.63) is 71.5 Å². The SMILES string of the molecule is COc1ccc(-n2c(SCC(=O)c3cc(C)n(C)c3C)nnc2-c2ccccc2OC)cc1. The molecule has 0 saturated heterocycles. The highest BCUT2D eigenvalue weighted by Gasteiger charge is 2.21. The summed E-state index contributed by atoms with van der Waals surface area (Å²) >= 11 is 1.37. The molecule has 2 heterocycles. The largest absolute Gasteiger partial charge is 0.497 e. The monoisotopic (exact) mass is 462 g/mol. The average molecular weight is 463 g/mol. The fourth-order valence-corrected chi connectivity index (χ4v) is 4.51. The van der Waals surface area contributed by atoms with E-state index in [4.69, 9.17) is 9.47 Å². The van der Waals surface area contributed by atoms with Crippen LogP contribution in [0.5, 0.6) is 11.5 Å². The number of ether oxygens (including phenoxy) is 2. The third kappa shape index (κ3) is 4.39. The molecule has 0 bridgehead atoms. The smallest absolute Gasteiger partial charge is 0.196 e. The van der Waals surface area contributed by atoms with Crippen molar-refractivity contribution in [3.63, 3.8) is 0 Å². The van der Waals surface area contributed by atoms with Gasteiger partial charge in [0, 0.05) is 24.0 Å². The first-order chi connectivity index (χ1) is 15.9. The van der Waals surface area contributed by atoms with Crippen molar-refractivity contribution in [3.8, 4) is 28.6 Å². The Kier molecular flexibility index (Phi) is 6.55. The number of thioether (sulfide) groups is 1. The van der Waals surface area contributed by atoms with Gasteiger partial charge in [0.15, 0.2) is 16.8 Å². The van der Waals surface area contributed by atoms with E-state index in [2.05, 4.69) is 10.2 Å². The summed E-state index contributed by atoms with van der Waals surface area (Å²) in [6.45, 7) is 3.96. The molecule has 0 amide bonds. The lowest BCUT2D eigenvalue weighted by atomic mass is 10.2. The number of benzene rings is 2. The van der Waals surface area contributed by atoms with E-state index in [1.54, 1.807) is 14.2 Å². The second kappa shape index (κ2) is 9.54. The molecule has 0 spiro atoms. The number of carbonyl (C=O) groups excluding carboxylic acids is 1. The first kappa shape index (κ1) is 22.7. The zero-order valence-corrected chi connectivity index (χ0v) is 20.1. The highest BCUT2D eigenvalue weighted by atomic mass is 32.2. The van der Waals surface area contributed by atoms with Crippen LogP contribution in [0.15, 0.2) is 59.8 Å². The van der Waals surface area contributed by atoms with Crippen LogP contribution in [0.25, 0.3) is 17.1 Å². The molecule has 2 aromatic heterocycles. The number of rotatable bonds is 8. The lowest BCUT2D eigenvalue weighted by Crippen LogP contribution is -2.06. The summed E-state index contributed by atoms with van der Waals surface area (Å²) in [6, 6.07) is 17.3. The maximum Gasteiger partial charge on any atom is 0.196 e. The number of hydrogen-bond donors (Lipinski definition) is 0. The fraction of sp³-hybridized carbons (Fsp3) is 0.240. The summed E-state index contributed by atoms with van der Waals surface area (Å²) < 4.78 is 14.8. The number of carbonyl (C=O) groups is 1. The molecule has 0 aliphatic heterocycles. The molecule has 0 N–H and O–H groups in total. The molecule has 7 nitrogen and oxygen atoms in total. The molecule has 4 aromatic rings. The van der Waals surface area contributed by atoms with Crippen LogP contribution < -0.4 is 9.47 Å². The Balaban J connectivity index is 1.72. The Morgan fingerprint density at radius 1 is 1.00 bits per heavy atom. The number of nitrogens with zero attached hydrogens (tertiary/aromatic N) is 4.